The first-order chi connectivity index (χ1) is 7.54. The minimum absolute atomic E-state index is 0.0611. The monoisotopic (exact) mass is 228 g/mol. The van der Waals surface area contributed by atoms with Gasteiger partial charge in [-0.05, 0) is 18.8 Å². The zero-order chi connectivity index (χ0) is 11.8. The van der Waals surface area contributed by atoms with Crippen molar-refractivity contribution in [3.8, 4) is 6.07 Å². The number of nitrogens with zero attached hydrogens (tertiary/aromatic N) is 2. The summed E-state index contributed by atoms with van der Waals surface area (Å²) in [6, 6.07) is 1.77. The number of hydrogen-bond donors (Lipinski definition) is 0. The Hall–Kier alpha value is -1.18. The zero-order valence-electron chi connectivity index (χ0n) is 8.96. The van der Waals surface area contributed by atoms with Crippen LogP contribution < -0.4 is 0 Å². The lowest BCUT2D eigenvalue weighted by atomic mass is 9.79. The highest BCUT2D eigenvalue weighted by Crippen LogP contribution is 2.45. The highest BCUT2D eigenvalue weighted by Gasteiger charge is 2.51. The lowest BCUT2D eigenvalue weighted by Crippen LogP contribution is -2.38. The predicted octanol–water partition coefficient (Wildman–Crippen LogP) is 1.79. The van der Waals surface area contributed by atoms with Gasteiger partial charge < -0.3 is 4.90 Å². The van der Waals surface area contributed by atoms with Gasteiger partial charge >= 0.3 is 0 Å². The molecule has 0 bridgehead atoms. The molecule has 0 spiro atoms. The van der Waals surface area contributed by atoms with Gasteiger partial charge in [0.2, 0.25) is 5.91 Å². The second kappa shape index (κ2) is 4.00. The lowest BCUT2D eigenvalue weighted by molar-refractivity contribution is -0.130. The third-order valence-corrected chi connectivity index (χ3v) is 3.65. The van der Waals surface area contributed by atoms with E-state index < -0.39 is 11.8 Å². The summed E-state index contributed by atoms with van der Waals surface area (Å²) in [5.74, 6) is -3.71. The fourth-order valence-electron chi connectivity index (χ4n) is 2.81. The summed E-state index contributed by atoms with van der Waals surface area (Å²) < 4.78 is 27.2. The Labute approximate surface area is 93.0 Å². The Balaban J connectivity index is 2.05. The summed E-state index contributed by atoms with van der Waals surface area (Å²) in [5.41, 5.74) is 0. The Kier molecular flexibility index (Phi) is 2.83. The van der Waals surface area contributed by atoms with Crippen LogP contribution >= 0.6 is 0 Å². The number of alkyl halides is 2. The molecule has 1 heterocycles. The average molecular weight is 228 g/mol. The molecule has 2 rings (SSSR count). The normalized spacial score (nSPS) is 31.9. The summed E-state index contributed by atoms with van der Waals surface area (Å²) in [7, 11) is 0. The highest BCUT2D eigenvalue weighted by atomic mass is 19.3. The second-order valence-electron chi connectivity index (χ2n) is 4.65. The number of likely N-dealkylation sites (tertiary alicyclic amines) is 1. The molecule has 2 aliphatic rings. The van der Waals surface area contributed by atoms with Gasteiger partial charge in [0.15, 0.2) is 0 Å². The summed E-state index contributed by atoms with van der Waals surface area (Å²) in [6.07, 6.45) is 1.05. The molecular weight excluding hydrogens is 214 g/mol. The molecule has 16 heavy (non-hydrogen) atoms. The first-order valence-electron chi connectivity index (χ1n) is 5.57. The van der Waals surface area contributed by atoms with E-state index in [1.807, 2.05) is 0 Å². The zero-order valence-corrected chi connectivity index (χ0v) is 8.96. The van der Waals surface area contributed by atoms with E-state index in [2.05, 4.69) is 0 Å². The van der Waals surface area contributed by atoms with Crippen LogP contribution in [0, 0.1) is 23.2 Å². The Morgan fingerprint density at radius 3 is 2.88 bits per heavy atom. The Morgan fingerprint density at radius 2 is 2.25 bits per heavy atom. The van der Waals surface area contributed by atoms with Gasteiger partial charge in [-0.25, -0.2) is 8.78 Å². The number of amides is 1. The molecule has 1 saturated heterocycles. The Morgan fingerprint density at radius 1 is 1.50 bits per heavy atom. The smallest absolute Gasteiger partial charge is 0.252 e. The number of carbonyl (C=O) groups is 1. The van der Waals surface area contributed by atoms with Crippen LogP contribution in [0.4, 0.5) is 8.78 Å². The van der Waals surface area contributed by atoms with Crippen LogP contribution in [0.1, 0.15) is 25.7 Å². The third-order valence-electron chi connectivity index (χ3n) is 3.65. The van der Waals surface area contributed by atoms with Crippen molar-refractivity contribution in [1.82, 2.24) is 4.90 Å². The SMILES string of the molecule is N#CCC(=O)N1CC2CCCC(F)(F)C2C1. The van der Waals surface area contributed by atoms with Gasteiger partial charge in [0.25, 0.3) is 5.92 Å². The van der Waals surface area contributed by atoms with Crippen LogP contribution in [0.25, 0.3) is 0 Å². The van der Waals surface area contributed by atoms with Crippen LogP contribution in [-0.2, 0) is 4.79 Å². The van der Waals surface area contributed by atoms with Gasteiger partial charge in [0.1, 0.15) is 6.42 Å². The molecule has 3 nitrogen and oxygen atoms in total. The van der Waals surface area contributed by atoms with Crippen molar-refractivity contribution in [3.05, 3.63) is 0 Å². The molecule has 2 atom stereocenters. The van der Waals surface area contributed by atoms with Gasteiger partial charge in [0, 0.05) is 25.4 Å². The van der Waals surface area contributed by atoms with Crippen molar-refractivity contribution in [2.75, 3.05) is 13.1 Å². The molecule has 1 aliphatic heterocycles. The molecule has 5 heteroatoms. The predicted molar refractivity (Wildman–Crippen MR) is 52.6 cm³/mol. The quantitative estimate of drug-likeness (QED) is 0.686. The minimum atomic E-state index is -2.63. The molecule has 0 aromatic carbocycles. The van der Waals surface area contributed by atoms with E-state index in [0.29, 0.717) is 13.0 Å². The van der Waals surface area contributed by atoms with Crippen molar-refractivity contribution in [2.45, 2.75) is 31.6 Å². The molecule has 0 aromatic heterocycles. The summed E-state index contributed by atoms with van der Waals surface area (Å²) in [4.78, 5) is 12.9. The number of fused-ring (bicyclic) bond motifs is 1. The van der Waals surface area contributed by atoms with Crippen molar-refractivity contribution in [1.29, 1.82) is 5.26 Å². The van der Waals surface area contributed by atoms with Gasteiger partial charge in [0.05, 0.1) is 6.07 Å². The topological polar surface area (TPSA) is 44.1 Å². The molecule has 1 saturated carbocycles. The lowest BCUT2D eigenvalue weighted by Gasteiger charge is -2.32. The molecule has 2 unspecified atom stereocenters. The van der Waals surface area contributed by atoms with E-state index in [-0.39, 0.29) is 31.2 Å². The maximum absolute atomic E-state index is 13.6. The average Bonchev–Trinajstić information content (AvgIpc) is 2.63. The fourth-order valence-corrected chi connectivity index (χ4v) is 2.81. The van der Waals surface area contributed by atoms with Crippen molar-refractivity contribution < 1.29 is 13.6 Å². The number of carbonyl (C=O) groups excluding carboxylic acids is 1. The standard InChI is InChI=1S/C11H14F2N2O/c12-11(13)4-1-2-8-6-15(7-9(8)11)10(16)3-5-14/h8-9H,1-4,6-7H2. The highest BCUT2D eigenvalue weighted by molar-refractivity contribution is 5.78. The van der Waals surface area contributed by atoms with Crippen molar-refractivity contribution in [2.24, 2.45) is 11.8 Å². The molecule has 0 radical (unpaired) electrons. The van der Waals surface area contributed by atoms with E-state index in [1.165, 1.54) is 4.90 Å². The molecule has 2 fully saturated rings. The van der Waals surface area contributed by atoms with Gasteiger partial charge in [-0.1, -0.05) is 0 Å². The molecule has 0 aromatic rings. The molecule has 0 N–H and O–H groups in total. The fraction of sp³-hybridized carbons (Fsp3) is 0.818. The molecule has 1 amide bonds. The van der Waals surface area contributed by atoms with Gasteiger partial charge in [-0.3, -0.25) is 4.79 Å². The Bertz CT molecular complexity index is 337. The minimum Gasteiger partial charge on any atom is -0.341 e. The summed E-state index contributed by atoms with van der Waals surface area (Å²) in [5, 5.41) is 8.41. The van der Waals surface area contributed by atoms with Gasteiger partial charge in [-0.15, -0.1) is 0 Å². The van der Waals surface area contributed by atoms with Crippen molar-refractivity contribution in [3.63, 3.8) is 0 Å². The first-order valence-corrected chi connectivity index (χ1v) is 5.57. The van der Waals surface area contributed by atoms with E-state index in [1.54, 1.807) is 6.07 Å². The van der Waals surface area contributed by atoms with Crippen LogP contribution in [0.3, 0.4) is 0 Å². The number of nitriles is 1. The number of rotatable bonds is 1. The largest absolute Gasteiger partial charge is 0.341 e. The van der Waals surface area contributed by atoms with E-state index in [0.717, 1.165) is 6.42 Å². The maximum atomic E-state index is 13.6. The summed E-state index contributed by atoms with van der Waals surface area (Å²) in [6.45, 7) is 0.527. The van der Waals surface area contributed by atoms with Crippen LogP contribution in [0.15, 0.2) is 0 Å². The van der Waals surface area contributed by atoms with E-state index in [9.17, 15) is 13.6 Å². The van der Waals surface area contributed by atoms with Crippen LogP contribution in [-0.4, -0.2) is 29.8 Å². The molecule has 88 valence electrons. The van der Waals surface area contributed by atoms with Crippen molar-refractivity contribution >= 4 is 5.91 Å². The summed E-state index contributed by atoms with van der Waals surface area (Å²) >= 11 is 0. The second-order valence-corrected chi connectivity index (χ2v) is 4.65. The van der Waals surface area contributed by atoms with E-state index >= 15 is 0 Å². The van der Waals surface area contributed by atoms with Crippen LogP contribution in [0.2, 0.25) is 0 Å². The van der Waals surface area contributed by atoms with Gasteiger partial charge in [-0.2, -0.15) is 5.26 Å². The first kappa shape index (κ1) is 11.3. The van der Waals surface area contributed by atoms with E-state index in [4.69, 9.17) is 5.26 Å². The third kappa shape index (κ3) is 1.89. The molecule has 1 aliphatic carbocycles. The number of hydrogen-bond acceptors (Lipinski definition) is 2. The van der Waals surface area contributed by atoms with Crippen LogP contribution in [0.5, 0.6) is 0 Å². The number of halogens is 2. The molecular formula is C11H14F2N2O. The maximum Gasteiger partial charge on any atom is 0.252 e.